The molecule has 4 nitrogen and oxygen atoms in total. The minimum atomic E-state index is -4.39. The Bertz CT molecular complexity index is 649. The van der Waals surface area contributed by atoms with Crippen LogP contribution >= 0.6 is 0 Å². The maximum absolute atomic E-state index is 12.6. The van der Waals surface area contributed by atoms with Crippen LogP contribution in [0.3, 0.4) is 0 Å². The first-order chi connectivity index (χ1) is 11.8. The van der Waals surface area contributed by atoms with Crippen molar-refractivity contribution in [2.75, 3.05) is 33.2 Å². The quantitative estimate of drug-likeness (QED) is 0.821. The van der Waals surface area contributed by atoms with Crippen molar-refractivity contribution in [3.63, 3.8) is 0 Å². The van der Waals surface area contributed by atoms with Crippen LogP contribution in [0.2, 0.25) is 0 Å². The second-order valence-electron chi connectivity index (χ2n) is 6.21. The van der Waals surface area contributed by atoms with Gasteiger partial charge >= 0.3 is 12.2 Å². The Hall–Kier alpha value is -2.20. The number of carbonyl (C=O) groups is 1. The maximum atomic E-state index is 12.6. The van der Waals surface area contributed by atoms with Crippen LogP contribution in [0.25, 0.3) is 0 Å². The van der Waals surface area contributed by atoms with Crippen LogP contribution in [0.1, 0.15) is 24.0 Å². The number of piperidine rings is 1. The molecule has 0 saturated carbocycles. The average molecular weight is 353 g/mol. The average Bonchev–Trinajstić information content (AvgIpc) is 2.56. The lowest BCUT2D eigenvalue weighted by Gasteiger charge is -2.29. The Kier molecular flexibility index (Phi) is 6.71. The molecule has 0 aromatic heterocycles. The number of alkyl halides is 3. The number of nitrogens with zero attached hydrogens (tertiary/aromatic N) is 1. The molecule has 2 amide bonds. The fourth-order valence-electron chi connectivity index (χ4n) is 2.78. The van der Waals surface area contributed by atoms with E-state index in [1.54, 1.807) is 0 Å². The Morgan fingerprint density at radius 3 is 2.88 bits per heavy atom. The van der Waals surface area contributed by atoms with E-state index in [9.17, 15) is 18.0 Å². The molecular formula is C18H22F3N3O. The van der Waals surface area contributed by atoms with E-state index >= 15 is 0 Å². The number of amides is 2. The summed E-state index contributed by atoms with van der Waals surface area (Å²) in [6.07, 6.45) is -2.16. The Balaban J connectivity index is 1.74. The summed E-state index contributed by atoms with van der Waals surface area (Å²) in [5.41, 5.74) is -0.468. The Labute approximate surface area is 145 Å². The van der Waals surface area contributed by atoms with Gasteiger partial charge in [0.2, 0.25) is 0 Å². The van der Waals surface area contributed by atoms with E-state index in [4.69, 9.17) is 0 Å². The maximum Gasteiger partial charge on any atom is 0.416 e. The summed E-state index contributed by atoms with van der Waals surface area (Å²) in [7, 11) is 2.07. The summed E-state index contributed by atoms with van der Waals surface area (Å²) < 4.78 is 37.8. The number of urea groups is 1. The molecule has 1 atom stereocenters. The van der Waals surface area contributed by atoms with Gasteiger partial charge in [0, 0.05) is 18.7 Å². The molecule has 1 saturated heterocycles. The van der Waals surface area contributed by atoms with Crippen molar-refractivity contribution >= 4 is 6.03 Å². The highest BCUT2D eigenvalue weighted by molar-refractivity contribution is 5.74. The number of rotatable bonds is 3. The van der Waals surface area contributed by atoms with E-state index in [1.807, 2.05) is 0 Å². The normalized spacial score (nSPS) is 18.2. The summed E-state index contributed by atoms with van der Waals surface area (Å²) in [5, 5.41) is 5.40. The van der Waals surface area contributed by atoms with E-state index in [2.05, 4.69) is 34.4 Å². The van der Waals surface area contributed by atoms with Gasteiger partial charge in [-0.1, -0.05) is 17.9 Å². The predicted molar refractivity (Wildman–Crippen MR) is 89.9 cm³/mol. The molecule has 0 spiro atoms. The number of benzene rings is 1. The van der Waals surface area contributed by atoms with E-state index < -0.39 is 11.7 Å². The predicted octanol–water partition coefficient (Wildman–Crippen LogP) is 2.70. The molecule has 0 bridgehead atoms. The van der Waals surface area contributed by atoms with Gasteiger partial charge in [-0.25, -0.2) is 4.79 Å². The molecule has 0 radical (unpaired) electrons. The number of hydrogen-bond acceptors (Lipinski definition) is 2. The molecule has 25 heavy (non-hydrogen) atoms. The van der Waals surface area contributed by atoms with Crippen LogP contribution in [0.15, 0.2) is 24.3 Å². The molecule has 1 aliphatic heterocycles. The van der Waals surface area contributed by atoms with Gasteiger partial charge in [-0.15, -0.1) is 0 Å². The van der Waals surface area contributed by atoms with Crippen LogP contribution in [-0.2, 0) is 6.18 Å². The molecule has 136 valence electrons. The highest BCUT2D eigenvalue weighted by Crippen LogP contribution is 2.29. The third kappa shape index (κ3) is 6.67. The minimum Gasteiger partial charge on any atom is -0.338 e. The zero-order valence-corrected chi connectivity index (χ0v) is 14.1. The highest BCUT2D eigenvalue weighted by atomic mass is 19.4. The largest absolute Gasteiger partial charge is 0.416 e. The number of hydrogen-bond donors (Lipinski definition) is 2. The lowest BCUT2D eigenvalue weighted by molar-refractivity contribution is -0.137. The van der Waals surface area contributed by atoms with Crippen LogP contribution in [0, 0.1) is 17.8 Å². The second-order valence-corrected chi connectivity index (χ2v) is 6.21. The summed E-state index contributed by atoms with van der Waals surface area (Å²) in [6, 6.07) is 4.49. The molecule has 1 aliphatic rings. The molecule has 0 aliphatic carbocycles. The third-order valence-corrected chi connectivity index (χ3v) is 4.03. The van der Waals surface area contributed by atoms with Gasteiger partial charge in [-0.05, 0) is 50.6 Å². The van der Waals surface area contributed by atoms with Gasteiger partial charge < -0.3 is 15.5 Å². The van der Waals surface area contributed by atoms with E-state index in [0.29, 0.717) is 12.5 Å². The number of halogens is 3. The van der Waals surface area contributed by atoms with Crippen molar-refractivity contribution in [3.8, 4) is 11.8 Å². The van der Waals surface area contributed by atoms with Gasteiger partial charge in [0.1, 0.15) is 0 Å². The van der Waals surface area contributed by atoms with Crippen LogP contribution in [-0.4, -0.2) is 44.2 Å². The molecule has 1 aromatic rings. The molecule has 1 unspecified atom stereocenters. The third-order valence-electron chi connectivity index (χ3n) is 4.03. The first-order valence-corrected chi connectivity index (χ1v) is 8.21. The molecule has 1 aromatic carbocycles. The number of likely N-dealkylation sites (tertiary alicyclic amines) is 1. The summed E-state index contributed by atoms with van der Waals surface area (Å²) in [5.74, 6) is 5.73. The molecule has 1 heterocycles. The van der Waals surface area contributed by atoms with Crippen LogP contribution in [0.4, 0.5) is 18.0 Å². The highest BCUT2D eigenvalue weighted by Gasteiger charge is 2.30. The molecule has 2 N–H and O–H groups in total. The standard InChI is InChI=1S/C18H22F3N3O/c1-24-10-4-7-15(13-24)12-23-17(25)22-9-3-6-14-5-2-8-16(11-14)18(19,20)21/h2,5,8,11,15H,4,7,9-10,12-13H2,1H3,(H2,22,23,25). The Morgan fingerprint density at radius 1 is 1.36 bits per heavy atom. The molecule has 7 heteroatoms. The molecular weight excluding hydrogens is 331 g/mol. The minimum absolute atomic E-state index is 0.0760. The number of carbonyl (C=O) groups excluding carboxylic acids is 1. The lowest BCUT2D eigenvalue weighted by atomic mass is 9.99. The van der Waals surface area contributed by atoms with Gasteiger partial charge in [0.25, 0.3) is 0 Å². The summed E-state index contributed by atoms with van der Waals surface area (Å²) in [6.45, 7) is 2.74. The first kappa shape index (κ1) is 19.1. The van der Waals surface area contributed by atoms with Crippen LogP contribution in [0.5, 0.6) is 0 Å². The molecule has 2 rings (SSSR count). The van der Waals surface area contributed by atoms with Crippen molar-refractivity contribution in [1.82, 2.24) is 15.5 Å². The zero-order chi connectivity index (χ0) is 18.3. The van der Waals surface area contributed by atoms with Gasteiger partial charge in [-0.3, -0.25) is 0 Å². The zero-order valence-electron chi connectivity index (χ0n) is 14.1. The fourth-order valence-corrected chi connectivity index (χ4v) is 2.78. The molecule has 1 fully saturated rings. The second kappa shape index (κ2) is 8.77. The van der Waals surface area contributed by atoms with Gasteiger partial charge in [-0.2, -0.15) is 13.2 Å². The van der Waals surface area contributed by atoms with Crippen molar-refractivity contribution in [3.05, 3.63) is 35.4 Å². The van der Waals surface area contributed by atoms with Crippen molar-refractivity contribution in [1.29, 1.82) is 0 Å². The van der Waals surface area contributed by atoms with E-state index in [1.165, 1.54) is 12.1 Å². The summed E-state index contributed by atoms with van der Waals surface area (Å²) in [4.78, 5) is 14.0. The SMILES string of the molecule is CN1CCCC(CNC(=O)NCC#Cc2cccc(C(F)(F)F)c2)C1. The summed E-state index contributed by atoms with van der Waals surface area (Å²) >= 11 is 0. The number of nitrogens with one attached hydrogen (secondary N) is 2. The fraction of sp³-hybridized carbons (Fsp3) is 0.500. The Morgan fingerprint density at radius 2 is 2.16 bits per heavy atom. The van der Waals surface area contributed by atoms with Crippen molar-refractivity contribution in [2.24, 2.45) is 5.92 Å². The topological polar surface area (TPSA) is 44.4 Å². The lowest BCUT2D eigenvalue weighted by Crippen LogP contribution is -2.42. The van der Waals surface area contributed by atoms with E-state index in [0.717, 1.165) is 38.1 Å². The van der Waals surface area contributed by atoms with Gasteiger partial charge in [0.05, 0.1) is 12.1 Å². The smallest absolute Gasteiger partial charge is 0.338 e. The monoisotopic (exact) mass is 353 g/mol. The van der Waals surface area contributed by atoms with Gasteiger partial charge in [0.15, 0.2) is 0 Å². The van der Waals surface area contributed by atoms with Crippen molar-refractivity contribution in [2.45, 2.75) is 19.0 Å². The van der Waals surface area contributed by atoms with E-state index in [-0.39, 0.29) is 18.1 Å². The van der Waals surface area contributed by atoms with Crippen molar-refractivity contribution < 1.29 is 18.0 Å². The van der Waals surface area contributed by atoms with Crippen LogP contribution < -0.4 is 10.6 Å². The first-order valence-electron chi connectivity index (χ1n) is 8.21.